The van der Waals surface area contributed by atoms with E-state index in [2.05, 4.69) is 12.1 Å². The van der Waals surface area contributed by atoms with E-state index in [0.717, 1.165) is 44.5 Å². The maximum absolute atomic E-state index is 8.66. The van der Waals surface area contributed by atoms with E-state index in [1.807, 2.05) is 6.07 Å². The summed E-state index contributed by atoms with van der Waals surface area (Å²) in [6, 6.07) is 6.43. The molecule has 0 spiro atoms. The molecular formula is C14H21NO2. The summed E-state index contributed by atoms with van der Waals surface area (Å²) in [7, 11) is 0. The molecule has 0 radical (unpaired) electrons. The van der Waals surface area contributed by atoms with Crippen LogP contribution in [0, 0.1) is 0 Å². The number of fused-ring (bicyclic) bond motifs is 1. The van der Waals surface area contributed by atoms with Crippen molar-refractivity contribution in [2.45, 2.75) is 38.1 Å². The maximum Gasteiger partial charge on any atom is 0.119 e. The lowest BCUT2D eigenvalue weighted by Gasteiger charge is -2.09. The first-order valence-electron chi connectivity index (χ1n) is 6.43. The Balaban J connectivity index is 1.82. The van der Waals surface area contributed by atoms with E-state index >= 15 is 0 Å². The molecule has 0 saturated heterocycles. The number of ether oxygens (including phenoxy) is 1. The summed E-state index contributed by atoms with van der Waals surface area (Å²) in [4.78, 5) is 0. The van der Waals surface area contributed by atoms with Gasteiger partial charge in [0.15, 0.2) is 0 Å². The van der Waals surface area contributed by atoms with Gasteiger partial charge < -0.3 is 15.6 Å². The number of rotatable bonds is 6. The zero-order valence-electron chi connectivity index (χ0n) is 10.2. The van der Waals surface area contributed by atoms with Crippen LogP contribution in [0.3, 0.4) is 0 Å². The molecule has 1 aliphatic carbocycles. The van der Waals surface area contributed by atoms with Gasteiger partial charge in [-0.15, -0.1) is 0 Å². The molecule has 0 fully saturated rings. The molecule has 17 heavy (non-hydrogen) atoms. The van der Waals surface area contributed by atoms with Crippen molar-refractivity contribution in [3.8, 4) is 5.75 Å². The van der Waals surface area contributed by atoms with E-state index in [9.17, 15) is 0 Å². The number of aliphatic hydroxyl groups excluding tert-OH is 1. The molecule has 0 aromatic heterocycles. The summed E-state index contributed by atoms with van der Waals surface area (Å²) in [5.74, 6) is 0.946. The fraction of sp³-hybridized carbons (Fsp3) is 0.571. The highest BCUT2D eigenvalue weighted by Gasteiger charge is 2.18. The third-order valence-electron chi connectivity index (χ3n) is 3.31. The monoisotopic (exact) mass is 235 g/mol. The molecule has 0 bridgehead atoms. The molecule has 3 nitrogen and oxygen atoms in total. The van der Waals surface area contributed by atoms with Crippen LogP contribution in [0.5, 0.6) is 5.75 Å². The van der Waals surface area contributed by atoms with Gasteiger partial charge in [0.05, 0.1) is 6.61 Å². The molecule has 0 aliphatic heterocycles. The molecular weight excluding hydrogens is 214 g/mol. The van der Waals surface area contributed by atoms with Gasteiger partial charge in [0.25, 0.3) is 0 Å². The lowest BCUT2D eigenvalue weighted by atomic mass is 10.1. The van der Waals surface area contributed by atoms with Crippen molar-refractivity contribution in [1.82, 2.24) is 0 Å². The largest absolute Gasteiger partial charge is 0.494 e. The molecule has 3 heteroatoms. The van der Waals surface area contributed by atoms with Crippen molar-refractivity contribution in [1.29, 1.82) is 0 Å². The highest BCUT2D eigenvalue weighted by Crippen LogP contribution is 2.31. The van der Waals surface area contributed by atoms with Gasteiger partial charge in [-0.1, -0.05) is 6.07 Å². The number of hydrogen-bond donors (Lipinski definition) is 2. The molecule has 3 N–H and O–H groups in total. The number of benzene rings is 1. The molecule has 0 heterocycles. The second-order valence-corrected chi connectivity index (χ2v) is 4.64. The Morgan fingerprint density at radius 3 is 3.00 bits per heavy atom. The molecule has 0 saturated carbocycles. The van der Waals surface area contributed by atoms with E-state index in [4.69, 9.17) is 15.6 Å². The van der Waals surface area contributed by atoms with E-state index in [1.54, 1.807) is 0 Å². The van der Waals surface area contributed by atoms with E-state index < -0.39 is 0 Å². The van der Waals surface area contributed by atoms with Crippen molar-refractivity contribution < 1.29 is 9.84 Å². The Hall–Kier alpha value is -1.06. The smallest absolute Gasteiger partial charge is 0.119 e. The summed E-state index contributed by atoms with van der Waals surface area (Å²) in [6.07, 6.45) is 5.00. The summed E-state index contributed by atoms with van der Waals surface area (Å²) in [5.41, 5.74) is 8.60. The Morgan fingerprint density at radius 2 is 2.18 bits per heavy atom. The maximum atomic E-state index is 8.66. The standard InChI is InChI=1S/C14H21NO2/c15-14-7-4-11-10-12(5-6-13(11)14)17-9-3-1-2-8-16/h5-6,10,14,16H,1-4,7-9,15H2. The Kier molecular flexibility index (Phi) is 4.40. The fourth-order valence-corrected chi connectivity index (χ4v) is 2.30. The topological polar surface area (TPSA) is 55.5 Å². The zero-order valence-corrected chi connectivity index (χ0v) is 10.2. The van der Waals surface area contributed by atoms with Crippen LogP contribution in [0.1, 0.15) is 42.9 Å². The SMILES string of the molecule is NC1CCc2cc(OCCCCCO)ccc21. The quantitative estimate of drug-likeness (QED) is 0.743. The highest BCUT2D eigenvalue weighted by atomic mass is 16.5. The van der Waals surface area contributed by atoms with Gasteiger partial charge in [-0.25, -0.2) is 0 Å². The molecule has 0 amide bonds. The average molecular weight is 235 g/mol. The number of hydrogen-bond acceptors (Lipinski definition) is 3. The molecule has 1 atom stereocenters. The molecule has 1 aromatic rings. The predicted molar refractivity (Wildman–Crippen MR) is 68.1 cm³/mol. The van der Waals surface area contributed by atoms with Crippen molar-refractivity contribution in [3.63, 3.8) is 0 Å². The Bertz CT molecular complexity index is 365. The molecule has 2 rings (SSSR count). The second kappa shape index (κ2) is 6.03. The number of aliphatic hydroxyl groups is 1. The number of unbranched alkanes of at least 4 members (excludes halogenated alkanes) is 2. The van der Waals surface area contributed by atoms with Gasteiger partial charge in [0, 0.05) is 12.6 Å². The van der Waals surface area contributed by atoms with Crippen molar-refractivity contribution in [3.05, 3.63) is 29.3 Å². The lowest BCUT2D eigenvalue weighted by molar-refractivity contribution is 0.266. The van der Waals surface area contributed by atoms with Crippen LogP contribution in [0.4, 0.5) is 0 Å². The van der Waals surface area contributed by atoms with E-state index in [0.29, 0.717) is 0 Å². The van der Waals surface area contributed by atoms with Crippen LogP contribution in [0.25, 0.3) is 0 Å². The fourth-order valence-electron chi connectivity index (χ4n) is 2.30. The second-order valence-electron chi connectivity index (χ2n) is 4.64. The van der Waals surface area contributed by atoms with Crippen LogP contribution in [-0.4, -0.2) is 18.3 Å². The third kappa shape index (κ3) is 3.20. The van der Waals surface area contributed by atoms with Gasteiger partial charge in [-0.3, -0.25) is 0 Å². The van der Waals surface area contributed by atoms with Crippen LogP contribution in [-0.2, 0) is 6.42 Å². The van der Waals surface area contributed by atoms with E-state index in [1.165, 1.54) is 11.1 Å². The lowest BCUT2D eigenvalue weighted by Crippen LogP contribution is -2.05. The first kappa shape index (κ1) is 12.4. The van der Waals surface area contributed by atoms with Crippen LogP contribution >= 0.6 is 0 Å². The third-order valence-corrected chi connectivity index (χ3v) is 3.31. The van der Waals surface area contributed by atoms with Gasteiger partial charge in [-0.05, 0) is 55.4 Å². The molecule has 1 aromatic carbocycles. The normalized spacial score (nSPS) is 18.1. The molecule has 94 valence electrons. The van der Waals surface area contributed by atoms with Crippen molar-refractivity contribution >= 4 is 0 Å². The minimum absolute atomic E-state index is 0.212. The summed E-state index contributed by atoms with van der Waals surface area (Å²) in [5, 5.41) is 8.66. The van der Waals surface area contributed by atoms with Gasteiger partial charge in [-0.2, -0.15) is 0 Å². The highest BCUT2D eigenvalue weighted by molar-refractivity contribution is 5.40. The van der Waals surface area contributed by atoms with Gasteiger partial charge in [0.2, 0.25) is 0 Å². The zero-order chi connectivity index (χ0) is 12.1. The molecule has 1 unspecified atom stereocenters. The first-order valence-corrected chi connectivity index (χ1v) is 6.43. The summed E-state index contributed by atoms with van der Waals surface area (Å²) < 4.78 is 5.69. The summed E-state index contributed by atoms with van der Waals surface area (Å²) in [6.45, 7) is 1.00. The average Bonchev–Trinajstić information content (AvgIpc) is 2.71. The van der Waals surface area contributed by atoms with Crippen LogP contribution in [0.15, 0.2) is 18.2 Å². The number of aryl methyl sites for hydroxylation is 1. The van der Waals surface area contributed by atoms with Gasteiger partial charge >= 0.3 is 0 Å². The predicted octanol–water partition coefficient (Wildman–Crippen LogP) is 2.17. The molecule has 1 aliphatic rings. The van der Waals surface area contributed by atoms with Crippen molar-refractivity contribution in [2.24, 2.45) is 5.73 Å². The van der Waals surface area contributed by atoms with Crippen LogP contribution < -0.4 is 10.5 Å². The number of nitrogens with two attached hydrogens (primary N) is 1. The summed E-state index contributed by atoms with van der Waals surface area (Å²) >= 11 is 0. The Labute approximate surface area is 103 Å². The van der Waals surface area contributed by atoms with Crippen LogP contribution in [0.2, 0.25) is 0 Å². The minimum Gasteiger partial charge on any atom is -0.494 e. The minimum atomic E-state index is 0.212. The van der Waals surface area contributed by atoms with Crippen molar-refractivity contribution in [2.75, 3.05) is 13.2 Å². The van der Waals surface area contributed by atoms with E-state index in [-0.39, 0.29) is 12.6 Å². The first-order chi connectivity index (χ1) is 8.31. The Morgan fingerprint density at radius 1 is 1.29 bits per heavy atom. The van der Waals surface area contributed by atoms with Gasteiger partial charge in [0.1, 0.15) is 5.75 Å².